The van der Waals surface area contributed by atoms with Gasteiger partial charge in [0, 0.05) is 35.0 Å². The van der Waals surface area contributed by atoms with Crippen LogP contribution >= 0.6 is 0 Å². The highest BCUT2D eigenvalue weighted by Crippen LogP contribution is 2.61. The maximum Gasteiger partial charge on any atom is 0.307 e. The van der Waals surface area contributed by atoms with Crippen molar-refractivity contribution in [2.75, 3.05) is 19.7 Å². The average molecular weight is 531 g/mol. The first-order valence-corrected chi connectivity index (χ1v) is 13.2. The highest BCUT2D eigenvalue weighted by Gasteiger charge is 2.59. The van der Waals surface area contributed by atoms with Crippen molar-refractivity contribution in [3.05, 3.63) is 76.7 Å². The van der Waals surface area contributed by atoms with Crippen molar-refractivity contribution in [2.24, 2.45) is 22.1 Å². The van der Waals surface area contributed by atoms with Crippen LogP contribution in [0.1, 0.15) is 41.1 Å². The Labute approximate surface area is 226 Å². The Morgan fingerprint density at radius 1 is 1.15 bits per heavy atom. The molecule has 1 aromatic heterocycles. The third kappa shape index (κ3) is 5.97. The molecule has 2 aromatic carbocycles. The molecule has 0 bridgehead atoms. The molecular formula is C30H31FN4O4. The number of pyridine rings is 1. The van der Waals surface area contributed by atoms with E-state index < -0.39 is 5.97 Å². The number of benzene rings is 2. The number of unbranched alkanes of at least 4 members (excludes halogenated alkanes) is 1. The lowest BCUT2D eigenvalue weighted by atomic mass is 10.0. The van der Waals surface area contributed by atoms with E-state index in [-0.39, 0.29) is 30.2 Å². The fourth-order valence-corrected chi connectivity index (χ4v) is 5.38. The van der Waals surface area contributed by atoms with E-state index in [1.54, 1.807) is 12.1 Å². The van der Waals surface area contributed by atoms with Crippen LogP contribution < -0.4 is 9.47 Å². The van der Waals surface area contributed by atoms with Crippen LogP contribution in [0.15, 0.2) is 58.8 Å². The van der Waals surface area contributed by atoms with Crippen LogP contribution in [0, 0.1) is 30.0 Å². The molecule has 2 N–H and O–H groups in total. The number of carbonyl (C=O) groups is 1. The van der Waals surface area contributed by atoms with Crippen LogP contribution in [0.2, 0.25) is 0 Å². The number of carboxylic acids is 1. The highest BCUT2D eigenvalue weighted by molar-refractivity contribution is 5.78. The Kier molecular flexibility index (Phi) is 7.95. The van der Waals surface area contributed by atoms with E-state index in [1.807, 2.05) is 37.3 Å². The predicted octanol–water partition coefficient (Wildman–Crippen LogP) is 6.01. The summed E-state index contributed by atoms with van der Waals surface area (Å²) in [6.07, 6.45) is 3.63. The molecule has 9 heteroatoms. The maximum atomic E-state index is 14.6. The SMILES string of the molecule is Cc1nc(OCCCCN=NCC=N)ccc1-c1ccc(F)c(COc2ccc3c(c2)CC2C(C(=O)O)C32)c1. The molecule has 0 amide bonds. The minimum Gasteiger partial charge on any atom is -0.489 e. The molecule has 1 fully saturated rings. The average Bonchev–Trinajstić information content (AvgIpc) is 3.52. The zero-order chi connectivity index (χ0) is 27.4. The lowest BCUT2D eigenvalue weighted by Crippen LogP contribution is -2.05. The lowest BCUT2D eigenvalue weighted by Gasteiger charge is -2.13. The Balaban J connectivity index is 1.17. The van der Waals surface area contributed by atoms with E-state index in [9.17, 15) is 14.3 Å². The van der Waals surface area contributed by atoms with Crippen LogP contribution in [0.5, 0.6) is 11.6 Å². The van der Waals surface area contributed by atoms with Gasteiger partial charge in [-0.3, -0.25) is 4.79 Å². The van der Waals surface area contributed by atoms with Crippen molar-refractivity contribution >= 4 is 12.2 Å². The molecule has 39 heavy (non-hydrogen) atoms. The maximum absolute atomic E-state index is 14.6. The number of aryl methyl sites for hydroxylation is 1. The third-order valence-corrected chi connectivity index (χ3v) is 7.37. The molecule has 1 saturated carbocycles. The summed E-state index contributed by atoms with van der Waals surface area (Å²) in [7, 11) is 0. The number of aromatic nitrogens is 1. The molecule has 5 rings (SSSR count). The molecule has 2 aliphatic carbocycles. The summed E-state index contributed by atoms with van der Waals surface area (Å²) in [6, 6.07) is 14.5. The summed E-state index contributed by atoms with van der Waals surface area (Å²) in [5.41, 5.74) is 5.19. The molecule has 1 heterocycles. The third-order valence-electron chi connectivity index (χ3n) is 7.37. The summed E-state index contributed by atoms with van der Waals surface area (Å²) in [5, 5.41) is 24.0. The number of carboxylic acid groups (broad SMARTS) is 1. The van der Waals surface area contributed by atoms with Gasteiger partial charge in [-0.1, -0.05) is 12.1 Å². The van der Waals surface area contributed by atoms with Gasteiger partial charge >= 0.3 is 5.97 Å². The van der Waals surface area contributed by atoms with Gasteiger partial charge in [-0.05, 0) is 79.1 Å². The van der Waals surface area contributed by atoms with E-state index in [4.69, 9.17) is 14.9 Å². The first-order chi connectivity index (χ1) is 19.0. The number of halogens is 1. The molecule has 0 radical (unpaired) electrons. The normalized spacial score (nSPS) is 19.0. The van der Waals surface area contributed by atoms with E-state index in [0.717, 1.165) is 47.2 Å². The van der Waals surface area contributed by atoms with Gasteiger partial charge in [0.25, 0.3) is 0 Å². The Morgan fingerprint density at radius 3 is 2.82 bits per heavy atom. The predicted molar refractivity (Wildman–Crippen MR) is 144 cm³/mol. The number of hydrogen-bond acceptors (Lipinski definition) is 7. The first-order valence-electron chi connectivity index (χ1n) is 13.2. The van der Waals surface area contributed by atoms with E-state index in [1.165, 1.54) is 12.3 Å². The largest absolute Gasteiger partial charge is 0.489 e. The number of nitrogens with zero attached hydrogens (tertiary/aromatic N) is 3. The summed E-state index contributed by atoms with van der Waals surface area (Å²) < 4.78 is 26.3. The number of hydrogen-bond donors (Lipinski definition) is 2. The van der Waals surface area contributed by atoms with Crippen molar-refractivity contribution < 1.29 is 23.8 Å². The fraction of sp³-hybridized carbons (Fsp3) is 0.367. The number of ether oxygens (including phenoxy) is 2. The number of rotatable bonds is 13. The monoisotopic (exact) mass is 530 g/mol. The summed E-state index contributed by atoms with van der Waals surface area (Å²) >= 11 is 0. The standard InChI is InChI=1S/C30H31FN4O4/c1-18-23(7-9-27(35-18)38-13-3-2-11-33-34-12-10-32)19-4-8-26(31)21(14-19)17-39-22-5-6-24-20(15-22)16-25-28(24)29(25)30(36)37/h4-10,14-15,25,28-29,32H,2-3,11-13,16-17H2,1H3,(H,36,37). The molecule has 0 aliphatic heterocycles. The topological polar surface area (TPSA) is 117 Å². The molecule has 3 unspecified atom stereocenters. The summed E-state index contributed by atoms with van der Waals surface area (Å²) in [4.78, 5) is 15.9. The van der Waals surface area contributed by atoms with Crippen LogP contribution in [-0.4, -0.2) is 42.0 Å². The molecule has 0 saturated heterocycles. The van der Waals surface area contributed by atoms with Crippen LogP contribution in [0.4, 0.5) is 4.39 Å². The Bertz CT molecular complexity index is 1410. The van der Waals surface area contributed by atoms with E-state index in [0.29, 0.717) is 36.9 Å². The first kappa shape index (κ1) is 26.5. The van der Waals surface area contributed by atoms with Gasteiger partial charge in [-0.15, -0.1) is 0 Å². The minimum atomic E-state index is -0.717. The second-order valence-electron chi connectivity index (χ2n) is 9.94. The quantitative estimate of drug-likeness (QED) is 0.160. The number of aliphatic carboxylic acids is 1. The van der Waals surface area contributed by atoms with Gasteiger partial charge in [0.15, 0.2) is 0 Å². The molecule has 2 aliphatic rings. The Morgan fingerprint density at radius 2 is 2.03 bits per heavy atom. The molecule has 3 atom stereocenters. The molecular weight excluding hydrogens is 499 g/mol. The molecule has 8 nitrogen and oxygen atoms in total. The van der Waals surface area contributed by atoms with Gasteiger partial charge in [-0.25, -0.2) is 9.37 Å². The van der Waals surface area contributed by atoms with Crippen molar-refractivity contribution in [3.8, 4) is 22.8 Å². The second kappa shape index (κ2) is 11.7. The molecule has 0 spiro atoms. The minimum absolute atomic E-state index is 0.0810. The summed E-state index contributed by atoms with van der Waals surface area (Å²) in [6.45, 7) is 3.43. The highest BCUT2D eigenvalue weighted by atomic mass is 19.1. The van der Waals surface area contributed by atoms with Crippen molar-refractivity contribution in [1.82, 2.24) is 4.98 Å². The van der Waals surface area contributed by atoms with Gasteiger partial charge in [0.05, 0.1) is 25.6 Å². The number of azo groups is 1. The molecule has 3 aromatic rings. The zero-order valence-corrected chi connectivity index (χ0v) is 21.8. The second-order valence-corrected chi connectivity index (χ2v) is 9.94. The Hall–Kier alpha value is -4.14. The van der Waals surface area contributed by atoms with Gasteiger partial charge in [-0.2, -0.15) is 10.2 Å². The van der Waals surface area contributed by atoms with E-state index >= 15 is 0 Å². The lowest BCUT2D eigenvalue weighted by molar-refractivity contribution is -0.139. The van der Waals surface area contributed by atoms with Crippen LogP contribution in [0.25, 0.3) is 11.1 Å². The smallest absolute Gasteiger partial charge is 0.307 e. The van der Waals surface area contributed by atoms with Crippen molar-refractivity contribution in [2.45, 2.75) is 38.7 Å². The van der Waals surface area contributed by atoms with Gasteiger partial charge < -0.3 is 20.0 Å². The van der Waals surface area contributed by atoms with Crippen LogP contribution in [0.3, 0.4) is 0 Å². The number of nitrogens with one attached hydrogen (secondary N) is 1. The summed E-state index contributed by atoms with van der Waals surface area (Å²) in [5.74, 6) is 0.189. The van der Waals surface area contributed by atoms with Crippen molar-refractivity contribution in [1.29, 1.82) is 5.41 Å². The van der Waals surface area contributed by atoms with Crippen LogP contribution in [-0.2, 0) is 17.8 Å². The van der Waals surface area contributed by atoms with Gasteiger partial charge in [0.2, 0.25) is 5.88 Å². The zero-order valence-electron chi connectivity index (χ0n) is 21.8. The molecule has 202 valence electrons. The fourth-order valence-electron chi connectivity index (χ4n) is 5.38. The number of fused-ring (bicyclic) bond motifs is 3. The van der Waals surface area contributed by atoms with Gasteiger partial charge in [0.1, 0.15) is 18.2 Å². The van der Waals surface area contributed by atoms with Crippen molar-refractivity contribution in [3.63, 3.8) is 0 Å². The van der Waals surface area contributed by atoms with E-state index in [2.05, 4.69) is 15.2 Å².